The molecule has 0 heterocycles. The number of carbonyl (C=O) groups excluding carboxylic acids is 1. The third-order valence-electron chi connectivity index (χ3n) is 0. The van der Waals surface area contributed by atoms with Gasteiger partial charge in [-0.25, -0.2) is 0 Å². The first-order valence-electron chi connectivity index (χ1n) is 1.24. The number of halogens is 1. The molecule has 0 aliphatic carbocycles. The second-order valence-corrected chi connectivity index (χ2v) is 0.516. The van der Waals surface area contributed by atoms with Crippen LogP contribution in [-0.4, -0.2) is 55.2 Å². The van der Waals surface area contributed by atoms with Crippen LogP contribution in [0.2, 0.25) is 0 Å². The summed E-state index contributed by atoms with van der Waals surface area (Å²) < 4.78 is 0. The predicted molar refractivity (Wildman–Crippen MR) is 19.2 cm³/mol. The topological polar surface area (TPSA) is 124 Å². The van der Waals surface area contributed by atoms with Crippen molar-refractivity contribution in [3.05, 3.63) is 0 Å². The van der Waals surface area contributed by atoms with Gasteiger partial charge in [0.05, 0.1) is 0 Å². The molecule has 0 aromatic heterocycles. The minimum Gasteiger partial charge on any atom is -1.00 e. The van der Waals surface area contributed by atoms with Crippen molar-refractivity contribution in [2.75, 3.05) is 0 Å². The average molecular weight is 210 g/mol. The van der Waals surface area contributed by atoms with Crippen LogP contribution in [0.4, 0.5) is 9.59 Å². The molecule has 0 fully saturated rings. The van der Waals surface area contributed by atoms with E-state index in [1.807, 2.05) is 0 Å². The smallest absolute Gasteiger partial charge is 1.00 e. The van der Waals surface area contributed by atoms with E-state index in [2.05, 4.69) is 0 Å². The van der Waals surface area contributed by atoms with Crippen molar-refractivity contribution in [2.45, 2.75) is 0 Å². The Hall–Kier alpha value is 1.33. The van der Waals surface area contributed by atoms with Crippen LogP contribution in [0.15, 0.2) is 0 Å². The maximum atomic E-state index is 8.44. The number of hydrogen-bond donors (Lipinski definition) is 1. The molecule has 0 bridgehead atoms. The van der Waals surface area contributed by atoms with Crippen molar-refractivity contribution in [2.24, 2.45) is 0 Å². The summed E-state index contributed by atoms with van der Waals surface area (Å²) in [7, 11) is 0. The van der Waals surface area contributed by atoms with E-state index in [0.717, 1.165) is 0 Å². The summed E-state index contributed by atoms with van der Waals surface area (Å²) in [5.41, 5.74) is 0. The van der Waals surface area contributed by atoms with Gasteiger partial charge >= 0.3 is 86.2 Å². The molecule has 6 nitrogen and oxygen atoms in total. The summed E-state index contributed by atoms with van der Waals surface area (Å²) in [4.78, 5) is 16.8. The zero-order valence-corrected chi connectivity index (χ0v) is 10.8. The van der Waals surface area contributed by atoms with E-state index in [-0.39, 0.29) is 90.9 Å². The molecule has 0 aliphatic heterocycles. The molecule has 0 aliphatic rings. The van der Waals surface area contributed by atoms with E-state index < -0.39 is 12.3 Å². The summed E-state index contributed by atoms with van der Waals surface area (Å²) in [5.74, 6) is 0. The molecule has 0 rings (SSSR count). The third-order valence-corrected chi connectivity index (χ3v) is 0. The van der Waals surface area contributed by atoms with Crippen LogP contribution in [0, 0.1) is 0 Å². The molecule has 0 atom stereocenters. The minimum atomic E-state index is -2.33. The van der Waals surface area contributed by atoms with E-state index in [1.54, 1.807) is 0 Å². The molecule has 0 amide bonds. The van der Waals surface area contributed by atoms with Crippen LogP contribution in [-0.2, 0) is 0 Å². The second-order valence-electron chi connectivity index (χ2n) is 0.516. The van der Waals surface area contributed by atoms with Gasteiger partial charge in [-0.15, -0.1) is 0 Å². The molecule has 0 aromatic rings. The van der Waals surface area contributed by atoms with Gasteiger partial charge in [-0.2, -0.15) is 0 Å². The van der Waals surface area contributed by atoms with Gasteiger partial charge < -0.3 is 34.7 Å². The van der Waals surface area contributed by atoms with E-state index in [1.165, 1.54) is 0 Å². The Kier molecular flexibility index (Phi) is 92.6. The van der Waals surface area contributed by atoms with Crippen LogP contribution in [0.25, 0.3) is 0 Å². The first-order chi connectivity index (χ1) is 3.46. The monoisotopic (exact) mass is 210 g/mol. The molecule has 0 unspecified atom stereocenters. The van der Waals surface area contributed by atoms with Crippen molar-refractivity contribution in [1.82, 2.24) is 0 Å². The Morgan fingerprint density at radius 2 is 1.08 bits per heavy atom. The number of hydrogen-bond acceptors (Lipinski definition) is 5. The first-order valence-corrected chi connectivity index (χ1v) is 1.24. The average Bonchev–Trinajstić information content (AvgIpc) is 1.25. The van der Waals surface area contributed by atoms with Crippen LogP contribution >= 0.6 is 0 Å². The molecule has 12 heavy (non-hydrogen) atoms. The van der Waals surface area contributed by atoms with Gasteiger partial charge in [0.1, 0.15) is 0 Å². The van der Waals surface area contributed by atoms with Gasteiger partial charge in [-0.3, -0.25) is 0 Å². The first kappa shape index (κ1) is 37.7. The van der Waals surface area contributed by atoms with Crippen LogP contribution < -0.4 is 68.4 Å². The van der Waals surface area contributed by atoms with Crippen LogP contribution in [0.3, 0.4) is 0 Å². The fourth-order valence-electron chi connectivity index (χ4n) is 0. The van der Waals surface area contributed by atoms with Crippen LogP contribution in [0.5, 0.6) is 0 Å². The normalized spacial score (nSPS) is 4.00. The maximum Gasteiger partial charge on any atom is 2.00 e. The van der Waals surface area contributed by atoms with Gasteiger partial charge in [0, 0.05) is 0 Å². The Bertz CT molecular complexity index is 83.5. The molecule has 10 heteroatoms. The molecule has 0 spiro atoms. The fourth-order valence-corrected chi connectivity index (χ4v) is 0. The summed E-state index contributed by atoms with van der Waals surface area (Å²) in [6.07, 6.45) is -4.42. The summed E-state index contributed by atoms with van der Waals surface area (Å²) in [6.45, 7) is 0. The molecule has 0 aromatic carbocycles. The molecule has 1 N–H and O–H groups in total. The molecular weight excluding hydrogens is 209 g/mol. The molecule has 0 saturated heterocycles. The van der Waals surface area contributed by atoms with Crippen molar-refractivity contribution in [3.8, 4) is 0 Å². The van der Waals surface area contributed by atoms with E-state index in [9.17, 15) is 0 Å². The fraction of sp³-hybridized carbons (Fsp3) is 0. The van der Waals surface area contributed by atoms with Gasteiger partial charge in [0.2, 0.25) is 6.16 Å². The number of rotatable bonds is 0. The van der Waals surface area contributed by atoms with Crippen molar-refractivity contribution < 1.29 is 83.1 Å². The predicted octanol–water partition coefficient (Wildman–Crippen LogP) is -12.9. The Labute approximate surface area is 131 Å². The van der Waals surface area contributed by atoms with Gasteiger partial charge in [-0.1, -0.05) is 0 Å². The summed E-state index contributed by atoms with van der Waals surface area (Å²) in [6, 6.07) is 0. The largest absolute Gasteiger partial charge is 2.00 e. The maximum absolute atomic E-state index is 8.44. The van der Waals surface area contributed by atoms with E-state index in [4.69, 9.17) is 30.0 Å². The van der Waals surface area contributed by atoms with Crippen LogP contribution in [0.1, 0.15) is 0 Å². The van der Waals surface area contributed by atoms with Gasteiger partial charge in [0.25, 0.3) is 0 Å². The zero-order valence-electron chi connectivity index (χ0n) is 6.57. The van der Waals surface area contributed by atoms with Crippen molar-refractivity contribution in [3.63, 3.8) is 0 Å². The van der Waals surface area contributed by atoms with Crippen molar-refractivity contribution in [1.29, 1.82) is 0 Å². The Morgan fingerprint density at radius 3 is 1.08 bits per heavy atom. The summed E-state index contributed by atoms with van der Waals surface area (Å²) in [5, 5.41) is 32.0. The zero-order chi connectivity index (χ0) is 7.15. The molecule has 56 valence electrons. The van der Waals surface area contributed by atoms with E-state index >= 15 is 0 Å². The standard InChI is InChI=1S/2CH2O3.Ca.FH.Li.Na/c2*2-1(3)4;;;;/h2*(H2,2,3,4);;1H;;/q;;+2;;2*+1/p-4. The molecular formula is C2HCaFLiNaO6. The van der Waals surface area contributed by atoms with E-state index in [0.29, 0.717) is 0 Å². The Balaban J connectivity index is -0.0000000112. The third kappa shape index (κ3) is 686. The quantitative estimate of drug-likeness (QED) is 0.396. The number of carboxylic acid groups (broad SMARTS) is 4. The number of carbonyl (C=O) groups is 2. The Morgan fingerprint density at radius 1 is 1.08 bits per heavy atom. The van der Waals surface area contributed by atoms with Gasteiger partial charge in [0.15, 0.2) is 0 Å². The molecule has 0 radical (unpaired) electrons. The van der Waals surface area contributed by atoms with Gasteiger partial charge in [-0.05, 0) is 6.16 Å². The second kappa shape index (κ2) is 29.5. The minimum absolute atomic E-state index is 0. The van der Waals surface area contributed by atoms with Crippen molar-refractivity contribution >= 4 is 50.0 Å². The molecule has 0 saturated carbocycles. The summed E-state index contributed by atoms with van der Waals surface area (Å²) >= 11 is 0. The SMILES string of the molecule is O=C([O-])O.O=C([O-])[O-].[Ca+2].[F-].[Li+].[Na+].